The van der Waals surface area contributed by atoms with Crippen LogP contribution in [0.4, 0.5) is 9.59 Å². The Morgan fingerprint density at radius 1 is 0.838 bits per heavy atom. The number of benzene rings is 1. The van der Waals surface area contributed by atoms with Crippen molar-refractivity contribution in [3.8, 4) is 11.5 Å². The lowest BCUT2D eigenvalue weighted by atomic mass is 10.1. The van der Waals surface area contributed by atoms with Crippen LogP contribution in [0.5, 0.6) is 11.5 Å². The molecule has 0 aromatic heterocycles. The van der Waals surface area contributed by atoms with Crippen molar-refractivity contribution in [2.24, 2.45) is 5.73 Å². The normalized spacial score (nSPS) is 12.1. The molecule has 1 aromatic rings. The predicted molar refractivity (Wildman–Crippen MR) is 133 cm³/mol. The highest BCUT2D eigenvalue weighted by Gasteiger charge is 2.22. The SMILES string of the molecule is CCCCCOC(=O)Oc1ccc(C[C@H](N)C(=O)O[C@H](C)COC(C)=O)cc1OC(=O)OCCCCC. The lowest BCUT2D eigenvalue weighted by Gasteiger charge is -2.17. The molecule has 0 aliphatic heterocycles. The second kappa shape index (κ2) is 18.0. The van der Waals surface area contributed by atoms with Crippen molar-refractivity contribution in [1.29, 1.82) is 0 Å². The number of ether oxygens (including phenoxy) is 6. The van der Waals surface area contributed by atoms with Gasteiger partial charge in [-0.1, -0.05) is 45.6 Å². The van der Waals surface area contributed by atoms with E-state index in [1.165, 1.54) is 19.1 Å². The van der Waals surface area contributed by atoms with E-state index in [4.69, 9.17) is 34.2 Å². The zero-order valence-electron chi connectivity index (χ0n) is 22.1. The fourth-order valence-corrected chi connectivity index (χ4v) is 2.99. The third-order valence-corrected chi connectivity index (χ3v) is 4.93. The summed E-state index contributed by atoms with van der Waals surface area (Å²) in [6.07, 6.45) is 2.58. The first-order valence-corrected chi connectivity index (χ1v) is 12.6. The van der Waals surface area contributed by atoms with E-state index in [0.717, 1.165) is 25.7 Å². The van der Waals surface area contributed by atoms with E-state index in [0.29, 0.717) is 18.4 Å². The van der Waals surface area contributed by atoms with Crippen LogP contribution in [0.2, 0.25) is 0 Å². The van der Waals surface area contributed by atoms with Gasteiger partial charge in [0.2, 0.25) is 0 Å². The number of hydrogen-bond acceptors (Lipinski definition) is 11. The maximum absolute atomic E-state index is 12.3. The number of rotatable bonds is 16. The van der Waals surface area contributed by atoms with E-state index in [1.807, 2.05) is 13.8 Å². The Hall–Kier alpha value is -3.34. The van der Waals surface area contributed by atoms with E-state index in [2.05, 4.69) is 0 Å². The molecule has 2 atom stereocenters. The van der Waals surface area contributed by atoms with Gasteiger partial charge in [-0.05, 0) is 43.9 Å². The first-order valence-electron chi connectivity index (χ1n) is 12.6. The Morgan fingerprint density at radius 2 is 1.41 bits per heavy atom. The zero-order chi connectivity index (χ0) is 27.6. The first kappa shape index (κ1) is 31.7. The highest BCUT2D eigenvalue weighted by atomic mass is 16.7. The van der Waals surface area contributed by atoms with Gasteiger partial charge < -0.3 is 34.2 Å². The Labute approximate surface area is 217 Å². The van der Waals surface area contributed by atoms with E-state index in [1.54, 1.807) is 13.0 Å². The number of carbonyl (C=O) groups is 4. The number of carbonyl (C=O) groups excluding carboxylic acids is 4. The van der Waals surface area contributed by atoms with Crippen LogP contribution in [0, 0.1) is 0 Å². The van der Waals surface area contributed by atoms with E-state index < -0.39 is 36.4 Å². The molecule has 0 unspecified atom stereocenters. The third-order valence-electron chi connectivity index (χ3n) is 4.93. The first-order chi connectivity index (χ1) is 17.7. The third kappa shape index (κ3) is 14.1. The molecule has 0 fully saturated rings. The van der Waals surface area contributed by atoms with Crippen molar-refractivity contribution >= 4 is 24.2 Å². The summed E-state index contributed by atoms with van der Waals surface area (Å²) in [6, 6.07) is 3.34. The van der Waals surface area contributed by atoms with Crippen molar-refractivity contribution in [3.63, 3.8) is 0 Å². The van der Waals surface area contributed by atoms with Crippen LogP contribution in [0.1, 0.15) is 71.8 Å². The fourth-order valence-electron chi connectivity index (χ4n) is 2.99. The van der Waals surface area contributed by atoms with Crippen molar-refractivity contribution < 1.29 is 47.6 Å². The summed E-state index contributed by atoms with van der Waals surface area (Å²) >= 11 is 0. The Morgan fingerprint density at radius 3 is 1.95 bits per heavy atom. The van der Waals surface area contributed by atoms with Crippen molar-refractivity contribution in [2.75, 3.05) is 19.8 Å². The van der Waals surface area contributed by atoms with Crippen LogP contribution >= 0.6 is 0 Å². The molecule has 0 spiro atoms. The van der Waals surface area contributed by atoms with Crippen LogP contribution in [-0.4, -0.2) is 56.2 Å². The minimum Gasteiger partial charge on any atom is -0.462 e. The summed E-state index contributed by atoms with van der Waals surface area (Å²) in [5.74, 6) is -1.34. The van der Waals surface area contributed by atoms with Gasteiger partial charge in [-0.25, -0.2) is 9.59 Å². The topological polar surface area (TPSA) is 150 Å². The van der Waals surface area contributed by atoms with Gasteiger partial charge in [-0.3, -0.25) is 9.59 Å². The van der Waals surface area contributed by atoms with Crippen LogP contribution in [0.25, 0.3) is 0 Å². The number of unbranched alkanes of at least 4 members (excludes halogenated alkanes) is 4. The lowest BCUT2D eigenvalue weighted by molar-refractivity contribution is -0.157. The zero-order valence-corrected chi connectivity index (χ0v) is 22.1. The minimum atomic E-state index is -1.05. The summed E-state index contributed by atoms with van der Waals surface area (Å²) in [5, 5.41) is 0. The molecule has 1 rings (SSSR count). The summed E-state index contributed by atoms with van der Waals surface area (Å²) in [7, 11) is 0. The number of hydrogen-bond donors (Lipinski definition) is 1. The van der Waals surface area contributed by atoms with Gasteiger partial charge in [0.15, 0.2) is 11.5 Å². The summed E-state index contributed by atoms with van der Waals surface area (Å²) in [4.78, 5) is 47.5. The molecule has 11 heteroatoms. The molecular weight excluding hydrogens is 486 g/mol. The molecule has 0 saturated heterocycles. The standard InChI is InChI=1S/C26H39NO10/c1-5-7-9-13-32-25(30)36-22-12-11-20(16-23(22)37-26(31)33-14-10-8-6-2)15-21(27)24(29)35-18(3)17-34-19(4)28/h11-12,16,18,21H,5-10,13-15,17,27H2,1-4H3/t18-,21+/m1/s1. The van der Waals surface area contributed by atoms with Gasteiger partial charge in [0.05, 0.1) is 13.2 Å². The molecule has 0 amide bonds. The molecule has 0 radical (unpaired) electrons. The lowest BCUT2D eigenvalue weighted by Crippen LogP contribution is -2.37. The smallest absolute Gasteiger partial charge is 0.462 e. The monoisotopic (exact) mass is 525 g/mol. The van der Waals surface area contributed by atoms with Gasteiger partial charge in [0.1, 0.15) is 18.8 Å². The van der Waals surface area contributed by atoms with Gasteiger partial charge in [0, 0.05) is 6.92 Å². The molecule has 2 N–H and O–H groups in total. The van der Waals surface area contributed by atoms with Gasteiger partial charge in [-0.2, -0.15) is 0 Å². The summed E-state index contributed by atoms with van der Waals surface area (Å²) < 4.78 is 30.6. The second-order valence-corrected chi connectivity index (χ2v) is 8.46. The average molecular weight is 526 g/mol. The molecule has 11 nitrogen and oxygen atoms in total. The highest BCUT2D eigenvalue weighted by molar-refractivity contribution is 5.76. The average Bonchev–Trinajstić information content (AvgIpc) is 2.84. The predicted octanol–water partition coefficient (Wildman–Crippen LogP) is 4.46. The number of esters is 2. The van der Waals surface area contributed by atoms with Gasteiger partial charge in [-0.15, -0.1) is 0 Å². The maximum atomic E-state index is 12.3. The van der Waals surface area contributed by atoms with Crippen LogP contribution in [0.3, 0.4) is 0 Å². The number of nitrogens with two attached hydrogens (primary N) is 1. The Balaban J connectivity index is 2.87. The minimum absolute atomic E-state index is 0.0305. The molecule has 0 bridgehead atoms. The largest absolute Gasteiger partial charge is 0.513 e. The highest BCUT2D eigenvalue weighted by Crippen LogP contribution is 2.30. The maximum Gasteiger partial charge on any atom is 0.513 e. The van der Waals surface area contributed by atoms with Crippen LogP contribution in [0.15, 0.2) is 18.2 Å². The molecule has 0 saturated carbocycles. The molecular formula is C26H39NO10. The molecule has 208 valence electrons. The molecule has 0 heterocycles. The fraction of sp³-hybridized carbons (Fsp3) is 0.615. The molecule has 37 heavy (non-hydrogen) atoms. The van der Waals surface area contributed by atoms with Crippen molar-refractivity contribution in [3.05, 3.63) is 23.8 Å². The van der Waals surface area contributed by atoms with Gasteiger partial charge in [0.25, 0.3) is 0 Å². The quantitative estimate of drug-likeness (QED) is 0.141. The Bertz CT molecular complexity index is 873. The molecule has 1 aromatic carbocycles. The van der Waals surface area contributed by atoms with Gasteiger partial charge >= 0.3 is 24.2 Å². The molecule has 0 aliphatic carbocycles. The summed E-state index contributed by atoms with van der Waals surface area (Å²) in [6.45, 7) is 7.17. The van der Waals surface area contributed by atoms with E-state index in [-0.39, 0.29) is 37.7 Å². The van der Waals surface area contributed by atoms with Crippen molar-refractivity contribution in [1.82, 2.24) is 0 Å². The second-order valence-electron chi connectivity index (χ2n) is 8.46. The Kier molecular flexibility index (Phi) is 15.4. The van der Waals surface area contributed by atoms with E-state index in [9.17, 15) is 19.2 Å². The van der Waals surface area contributed by atoms with E-state index >= 15 is 0 Å². The van der Waals surface area contributed by atoms with Crippen molar-refractivity contribution in [2.45, 2.75) is 84.8 Å². The summed E-state index contributed by atoms with van der Waals surface area (Å²) in [5.41, 5.74) is 6.49. The molecule has 0 aliphatic rings. The van der Waals surface area contributed by atoms with Crippen LogP contribution in [-0.2, 0) is 35.0 Å². The van der Waals surface area contributed by atoms with Crippen LogP contribution < -0.4 is 15.2 Å².